The van der Waals surface area contributed by atoms with Crippen molar-refractivity contribution in [3.05, 3.63) is 16.6 Å². The molecule has 3 nitrogen and oxygen atoms in total. The zero-order valence-electron chi connectivity index (χ0n) is 8.77. The number of hydrogen-bond donors (Lipinski definition) is 1. The Labute approximate surface area is 98.4 Å². The number of nitrogens with zero attached hydrogens (tertiary/aromatic N) is 2. The third-order valence-corrected chi connectivity index (χ3v) is 4.15. The van der Waals surface area contributed by atoms with Gasteiger partial charge in [0.1, 0.15) is 5.01 Å². The van der Waals surface area contributed by atoms with E-state index in [1.54, 1.807) is 11.3 Å². The van der Waals surface area contributed by atoms with E-state index in [1.807, 2.05) is 23.3 Å². The van der Waals surface area contributed by atoms with Gasteiger partial charge in [0.15, 0.2) is 5.17 Å². The summed E-state index contributed by atoms with van der Waals surface area (Å²) < 4.78 is 0. The van der Waals surface area contributed by atoms with E-state index in [9.17, 15) is 0 Å². The van der Waals surface area contributed by atoms with Gasteiger partial charge in [0.25, 0.3) is 0 Å². The molecule has 0 aliphatic carbocycles. The smallest absolute Gasteiger partial charge is 0.157 e. The summed E-state index contributed by atoms with van der Waals surface area (Å²) in [6.45, 7) is 3.14. The van der Waals surface area contributed by atoms with Crippen molar-refractivity contribution in [2.24, 2.45) is 4.99 Å². The van der Waals surface area contributed by atoms with Crippen molar-refractivity contribution < 1.29 is 0 Å². The number of hydrogen-bond acceptors (Lipinski definition) is 5. The number of rotatable bonds is 3. The molecule has 0 fully saturated rings. The summed E-state index contributed by atoms with van der Waals surface area (Å²) >= 11 is 3.53. The first-order chi connectivity index (χ1) is 7.40. The molecule has 5 heteroatoms. The van der Waals surface area contributed by atoms with Crippen molar-refractivity contribution in [2.45, 2.75) is 25.8 Å². The number of nitrogens with one attached hydrogen (secondary N) is 1. The molecule has 1 aliphatic rings. The first kappa shape index (κ1) is 11.0. The second-order valence-electron chi connectivity index (χ2n) is 3.36. The van der Waals surface area contributed by atoms with Gasteiger partial charge in [-0.25, -0.2) is 4.98 Å². The highest BCUT2D eigenvalue weighted by Crippen LogP contribution is 2.21. The van der Waals surface area contributed by atoms with E-state index in [1.165, 1.54) is 12.2 Å². The summed E-state index contributed by atoms with van der Waals surface area (Å²) in [5, 5.41) is 7.74. The van der Waals surface area contributed by atoms with Gasteiger partial charge < -0.3 is 5.32 Å². The molecular formula is C10H15N3S2. The quantitative estimate of drug-likeness (QED) is 0.884. The molecule has 1 aromatic rings. The van der Waals surface area contributed by atoms with Crippen molar-refractivity contribution in [1.82, 2.24) is 10.3 Å². The van der Waals surface area contributed by atoms with Crippen molar-refractivity contribution in [3.8, 4) is 0 Å². The minimum atomic E-state index is 0.328. The molecule has 1 aromatic heterocycles. The number of thioether (sulfide) groups is 1. The molecule has 0 aromatic carbocycles. The van der Waals surface area contributed by atoms with Gasteiger partial charge in [-0.2, -0.15) is 0 Å². The predicted molar refractivity (Wildman–Crippen MR) is 67.7 cm³/mol. The molecule has 0 bridgehead atoms. The van der Waals surface area contributed by atoms with Gasteiger partial charge in [-0.15, -0.1) is 11.3 Å². The first-order valence-electron chi connectivity index (χ1n) is 5.23. The lowest BCUT2D eigenvalue weighted by atomic mass is 10.2. The molecule has 1 atom stereocenters. The largest absolute Gasteiger partial charge is 0.356 e. The summed E-state index contributed by atoms with van der Waals surface area (Å²) in [7, 11) is 0. The molecule has 2 rings (SSSR count). The van der Waals surface area contributed by atoms with Gasteiger partial charge in [0.05, 0.1) is 6.04 Å². The van der Waals surface area contributed by atoms with Crippen LogP contribution in [0, 0.1) is 0 Å². The number of amidine groups is 1. The summed E-state index contributed by atoms with van der Waals surface area (Å²) in [6, 6.07) is 0.328. The zero-order chi connectivity index (χ0) is 10.5. The Morgan fingerprint density at radius 2 is 2.53 bits per heavy atom. The van der Waals surface area contributed by atoms with E-state index in [-0.39, 0.29) is 0 Å². The Hall–Kier alpha value is -0.550. The third kappa shape index (κ3) is 2.95. The highest BCUT2D eigenvalue weighted by atomic mass is 32.2. The monoisotopic (exact) mass is 241 g/mol. The van der Waals surface area contributed by atoms with Gasteiger partial charge in [0, 0.05) is 23.9 Å². The van der Waals surface area contributed by atoms with Crippen LogP contribution in [-0.4, -0.2) is 22.4 Å². The predicted octanol–water partition coefficient (Wildman–Crippen LogP) is 2.68. The van der Waals surface area contributed by atoms with Gasteiger partial charge >= 0.3 is 0 Å². The number of thiazole rings is 1. The molecule has 0 saturated carbocycles. The zero-order valence-corrected chi connectivity index (χ0v) is 10.4. The molecule has 0 spiro atoms. The van der Waals surface area contributed by atoms with Crippen molar-refractivity contribution >= 4 is 28.3 Å². The molecule has 1 unspecified atom stereocenters. The minimum Gasteiger partial charge on any atom is -0.356 e. The van der Waals surface area contributed by atoms with Crippen LogP contribution in [0.2, 0.25) is 0 Å². The lowest BCUT2D eigenvalue weighted by Crippen LogP contribution is -2.27. The molecule has 0 radical (unpaired) electrons. The molecule has 2 heterocycles. The average Bonchev–Trinajstić information content (AvgIpc) is 2.81. The van der Waals surface area contributed by atoms with E-state index >= 15 is 0 Å². The second kappa shape index (κ2) is 5.51. The van der Waals surface area contributed by atoms with E-state index in [4.69, 9.17) is 0 Å². The molecule has 15 heavy (non-hydrogen) atoms. The summed E-state index contributed by atoms with van der Waals surface area (Å²) in [4.78, 5) is 8.82. The van der Waals surface area contributed by atoms with E-state index in [0.717, 1.165) is 23.1 Å². The fourth-order valence-electron chi connectivity index (χ4n) is 1.44. The van der Waals surface area contributed by atoms with Crippen LogP contribution in [0.3, 0.4) is 0 Å². The Bertz CT molecular complexity index is 321. The molecule has 1 N–H and O–H groups in total. The fourth-order valence-corrected chi connectivity index (χ4v) is 3.09. The molecule has 1 aliphatic heterocycles. The van der Waals surface area contributed by atoms with Gasteiger partial charge in [0.2, 0.25) is 0 Å². The summed E-state index contributed by atoms with van der Waals surface area (Å²) in [6.07, 6.45) is 4.11. The first-order valence-corrected chi connectivity index (χ1v) is 7.10. The molecular weight excluding hydrogens is 226 g/mol. The highest BCUT2D eigenvalue weighted by Gasteiger charge is 2.15. The van der Waals surface area contributed by atoms with E-state index in [0.29, 0.717) is 6.04 Å². The molecule has 82 valence electrons. The maximum atomic E-state index is 4.47. The number of aliphatic imine (C=N–C) groups is 1. The fraction of sp³-hybridized carbons (Fsp3) is 0.600. The van der Waals surface area contributed by atoms with Crippen molar-refractivity contribution in [2.75, 3.05) is 12.3 Å². The lowest BCUT2D eigenvalue weighted by Gasteiger charge is -2.19. The third-order valence-electron chi connectivity index (χ3n) is 2.25. The normalized spacial score (nSPS) is 18.3. The Balaban J connectivity index is 1.99. The van der Waals surface area contributed by atoms with Gasteiger partial charge in [-0.3, -0.25) is 4.99 Å². The van der Waals surface area contributed by atoms with E-state index in [2.05, 4.69) is 22.2 Å². The van der Waals surface area contributed by atoms with Crippen molar-refractivity contribution in [3.63, 3.8) is 0 Å². The average molecular weight is 241 g/mol. The Kier molecular flexibility index (Phi) is 4.02. The van der Waals surface area contributed by atoms with Crippen LogP contribution in [0.4, 0.5) is 0 Å². The van der Waals surface area contributed by atoms with Crippen LogP contribution in [0.5, 0.6) is 0 Å². The Morgan fingerprint density at radius 3 is 3.13 bits per heavy atom. The Morgan fingerprint density at radius 1 is 1.60 bits per heavy atom. The van der Waals surface area contributed by atoms with Gasteiger partial charge in [-0.05, 0) is 12.8 Å². The number of aromatic nitrogens is 1. The summed E-state index contributed by atoms with van der Waals surface area (Å²) in [5.74, 6) is 1.18. The van der Waals surface area contributed by atoms with Crippen LogP contribution in [0.1, 0.15) is 30.8 Å². The maximum absolute atomic E-state index is 4.47. The highest BCUT2D eigenvalue weighted by molar-refractivity contribution is 8.13. The van der Waals surface area contributed by atoms with Crippen LogP contribution in [-0.2, 0) is 0 Å². The van der Waals surface area contributed by atoms with Crippen LogP contribution < -0.4 is 5.32 Å². The van der Waals surface area contributed by atoms with E-state index < -0.39 is 0 Å². The van der Waals surface area contributed by atoms with Crippen LogP contribution in [0.25, 0.3) is 0 Å². The maximum Gasteiger partial charge on any atom is 0.157 e. The van der Waals surface area contributed by atoms with Crippen LogP contribution in [0.15, 0.2) is 16.6 Å². The molecule has 0 saturated heterocycles. The van der Waals surface area contributed by atoms with Crippen molar-refractivity contribution in [1.29, 1.82) is 0 Å². The molecule has 0 amide bonds. The van der Waals surface area contributed by atoms with Gasteiger partial charge in [-0.1, -0.05) is 18.7 Å². The summed E-state index contributed by atoms with van der Waals surface area (Å²) in [5.41, 5.74) is 0. The topological polar surface area (TPSA) is 37.3 Å². The SMILES string of the molecule is CCC(NC1=NCCCS1)c1nccs1. The second-order valence-corrected chi connectivity index (χ2v) is 5.37. The lowest BCUT2D eigenvalue weighted by molar-refractivity contribution is 0.623. The van der Waals surface area contributed by atoms with Crippen LogP contribution >= 0.6 is 23.1 Å². The minimum absolute atomic E-state index is 0.328. The standard InChI is InChI=1S/C10H15N3S2/c1-2-8(9-11-5-7-14-9)13-10-12-4-3-6-15-10/h5,7-8H,2-4,6H2,1H3,(H,12,13).